The SMILES string of the molecule is COc1ccc2c(C)c(CCC(=O)OCCCCN3C(=O)c4ccccc4C3=O)c(=O)oc2c1. The van der Waals surface area contributed by atoms with Gasteiger partial charge < -0.3 is 13.9 Å². The maximum atomic E-state index is 12.4. The summed E-state index contributed by atoms with van der Waals surface area (Å²) in [5.41, 5.74) is 2.01. The van der Waals surface area contributed by atoms with Gasteiger partial charge in [0.05, 0.1) is 24.8 Å². The number of methoxy groups -OCH3 is 1. The summed E-state index contributed by atoms with van der Waals surface area (Å²) in [5, 5.41) is 0.789. The Morgan fingerprint density at radius 3 is 2.38 bits per heavy atom. The van der Waals surface area contributed by atoms with Crippen LogP contribution in [0.1, 0.15) is 51.1 Å². The van der Waals surface area contributed by atoms with Gasteiger partial charge in [-0.05, 0) is 56.0 Å². The van der Waals surface area contributed by atoms with E-state index in [2.05, 4.69) is 0 Å². The number of fused-ring (bicyclic) bond motifs is 2. The Morgan fingerprint density at radius 1 is 1.00 bits per heavy atom. The number of hydrogen-bond donors (Lipinski definition) is 0. The molecule has 2 aromatic carbocycles. The minimum absolute atomic E-state index is 0.0473. The van der Waals surface area contributed by atoms with Gasteiger partial charge in [-0.2, -0.15) is 0 Å². The van der Waals surface area contributed by atoms with E-state index in [1.165, 1.54) is 12.0 Å². The fourth-order valence-corrected chi connectivity index (χ4v) is 4.09. The highest BCUT2D eigenvalue weighted by molar-refractivity contribution is 6.21. The van der Waals surface area contributed by atoms with Crippen molar-refractivity contribution in [3.8, 4) is 5.75 Å². The molecule has 1 aliphatic rings. The summed E-state index contributed by atoms with van der Waals surface area (Å²) in [4.78, 5) is 50.5. The van der Waals surface area contributed by atoms with Crippen molar-refractivity contribution in [1.29, 1.82) is 0 Å². The van der Waals surface area contributed by atoms with Crippen LogP contribution in [0.5, 0.6) is 5.75 Å². The average Bonchev–Trinajstić information content (AvgIpc) is 3.08. The molecular weight excluding hydrogens is 438 g/mol. The summed E-state index contributed by atoms with van der Waals surface area (Å²) in [6.45, 7) is 2.27. The van der Waals surface area contributed by atoms with Gasteiger partial charge >= 0.3 is 11.6 Å². The van der Waals surface area contributed by atoms with E-state index >= 15 is 0 Å². The molecule has 3 aromatic rings. The number of ether oxygens (including phenoxy) is 2. The number of aryl methyl sites for hydroxylation is 1. The highest BCUT2D eigenvalue weighted by Crippen LogP contribution is 2.25. The molecule has 4 rings (SSSR count). The summed E-state index contributed by atoms with van der Waals surface area (Å²) in [6, 6.07) is 12.0. The lowest BCUT2D eigenvalue weighted by atomic mass is 10.0. The van der Waals surface area contributed by atoms with Crippen LogP contribution in [0.4, 0.5) is 0 Å². The van der Waals surface area contributed by atoms with E-state index in [-0.39, 0.29) is 37.8 Å². The number of carbonyl (C=O) groups is 3. The third-order valence-electron chi connectivity index (χ3n) is 5.99. The van der Waals surface area contributed by atoms with E-state index in [4.69, 9.17) is 13.9 Å². The van der Waals surface area contributed by atoms with Crippen molar-refractivity contribution in [2.24, 2.45) is 0 Å². The number of nitrogens with zero attached hydrogens (tertiary/aromatic N) is 1. The van der Waals surface area contributed by atoms with E-state index in [0.29, 0.717) is 40.9 Å². The van der Waals surface area contributed by atoms with Gasteiger partial charge in [0.2, 0.25) is 0 Å². The van der Waals surface area contributed by atoms with Gasteiger partial charge in [0.1, 0.15) is 11.3 Å². The molecule has 1 aliphatic heterocycles. The van der Waals surface area contributed by atoms with Crippen LogP contribution < -0.4 is 10.4 Å². The first-order chi connectivity index (χ1) is 16.4. The minimum atomic E-state index is -0.480. The van der Waals surface area contributed by atoms with Crippen molar-refractivity contribution in [3.05, 3.63) is 75.1 Å². The Kier molecular flexibility index (Phi) is 6.77. The molecule has 0 saturated heterocycles. The molecule has 8 heteroatoms. The van der Waals surface area contributed by atoms with Crippen LogP contribution in [-0.4, -0.2) is 42.9 Å². The van der Waals surface area contributed by atoms with Gasteiger partial charge in [-0.3, -0.25) is 19.3 Å². The maximum absolute atomic E-state index is 12.4. The van der Waals surface area contributed by atoms with Crippen molar-refractivity contribution >= 4 is 28.8 Å². The molecule has 0 atom stereocenters. The molecule has 1 aromatic heterocycles. The van der Waals surface area contributed by atoms with Gasteiger partial charge in [-0.25, -0.2) is 4.79 Å². The van der Waals surface area contributed by atoms with Crippen LogP contribution in [0.15, 0.2) is 51.7 Å². The van der Waals surface area contributed by atoms with Crippen LogP contribution in [-0.2, 0) is 16.0 Å². The highest BCUT2D eigenvalue weighted by atomic mass is 16.5. The van der Waals surface area contributed by atoms with E-state index in [0.717, 1.165) is 10.9 Å². The monoisotopic (exact) mass is 463 g/mol. The molecule has 34 heavy (non-hydrogen) atoms. The predicted octanol–water partition coefficient (Wildman–Crippen LogP) is 3.66. The van der Waals surface area contributed by atoms with Gasteiger partial charge in [0, 0.05) is 30.0 Å². The first kappa shape index (κ1) is 23.2. The smallest absolute Gasteiger partial charge is 0.339 e. The summed E-state index contributed by atoms with van der Waals surface area (Å²) >= 11 is 0. The Morgan fingerprint density at radius 2 is 1.71 bits per heavy atom. The normalized spacial score (nSPS) is 12.8. The zero-order valence-corrected chi connectivity index (χ0v) is 19.1. The van der Waals surface area contributed by atoms with Gasteiger partial charge in [0.25, 0.3) is 11.8 Å². The lowest BCUT2D eigenvalue weighted by Gasteiger charge is -2.13. The van der Waals surface area contributed by atoms with E-state index in [9.17, 15) is 19.2 Å². The highest BCUT2D eigenvalue weighted by Gasteiger charge is 2.34. The van der Waals surface area contributed by atoms with Crippen LogP contribution in [0, 0.1) is 6.92 Å². The second-order valence-corrected chi connectivity index (χ2v) is 8.09. The average molecular weight is 463 g/mol. The quantitative estimate of drug-likeness (QED) is 0.206. The zero-order chi connectivity index (χ0) is 24.2. The lowest BCUT2D eigenvalue weighted by molar-refractivity contribution is -0.143. The molecule has 2 heterocycles. The number of carbonyl (C=O) groups excluding carboxylic acids is 3. The molecule has 0 radical (unpaired) electrons. The molecule has 2 amide bonds. The minimum Gasteiger partial charge on any atom is -0.497 e. The van der Waals surface area contributed by atoms with E-state index in [1.807, 2.05) is 13.0 Å². The Balaban J connectivity index is 1.24. The van der Waals surface area contributed by atoms with Crippen LogP contribution in [0.2, 0.25) is 0 Å². The molecule has 8 nitrogen and oxygen atoms in total. The summed E-state index contributed by atoms with van der Waals surface area (Å²) in [6.07, 6.45) is 1.30. The van der Waals surface area contributed by atoms with Crippen LogP contribution in [0.3, 0.4) is 0 Å². The third-order valence-corrected chi connectivity index (χ3v) is 5.99. The van der Waals surface area contributed by atoms with E-state index in [1.54, 1.807) is 36.4 Å². The Hall–Kier alpha value is -3.94. The molecular formula is C26H25NO7. The molecule has 0 aliphatic carbocycles. The fourth-order valence-electron chi connectivity index (χ4n) is 4.09. The Bertz CT molecular complexity index is 1290. The number of imide groups is 1. The van der Waals surface area contributed by atoms with Crippen molar-refractivity contribution in [1.82, 2.24) is 4.90 Å². The number of rotatable bonds is 9. The second kappa shape index (κ2) is 9.91. The predicted molar refractivity (Wildman–Crippen MR) is 124 cm³/mol. The largest absolute Gasteiger partial charge is 0.497 e. The number of hydrogen-bond acceptors (Lipinski definition) is 7. The topological polar surface area (TPSA) is 103 Å². The zero-order valence-electron chi connectivity index (χ0n) is 19.1. The standard InChI is InChI=1S/C26H25NO7/c1-16-18-10-9-17(32-2)15-22(18)34-26(31)19(16)11-12-23(28)33-14-6-5-13-27-24(29)20-7-3-4-8-21(20)25(27)30/h3-4,7-10,15H,5-6,11-14H2,1-2H3. The molecule has 0 unspecified atom stereocenters. The molecule has 176 valence electrons. The van der Waals surface area contributed by atoms with Gasteiger partial charge in [0.15, 0.2) is 0 Å². The maximum Gasteiger partial charge on any atom is 0.339 e. The third kappa shape index (κ3) is 4.57. The van der Waals surface area contributed by atoms with Crippen molar-refractivity contribution in [3.63, 3.8) is 0 Å². The molecule has 0 bridgehead atoms. The first-order valence-corrected chi connectivity index (χ1v) is 11.1. The summed E-state index contributed by atoms with van der Waals surface area (Å²) in [5.74, 6) is -0.412. The molecule has 0 fully saturated rings. The van der Waals surface area contributed by atoms with Crippen molar-refractivity contribution in [2.75, 3.05) is 20.3 Å². The molecule has 0 N–H and O–H groups in total. The Labute approximate surface area is 196 Å². The number of unbranched alkanes of at least 4 members (excludes halogenated alkanes) is 1. The number of benzene rings is 2. The number of esters is 1. The molecule has 0 saturated carbocycles. The van der Waals surface area contributed by atoms with Crippen molar-refractivity contribution in [2.45, 2.75) is 32.6 Å². The lowest BCUT2D eigenvalue weighted by Crippen LogP contribution is -2.30. The van der Waals surface area contributed by atoms with Gasteiger partial charge in [-0.15, -0.1) is 0 Å². The second-order valence-electron chi connectivity index (χ2n) is 8.09. The van der Waals surface area contributed by atoms with Crippen LogP contribution in [0.25, 0.3) is 11.0 Å². The summed E-state index contributed by atoms with van der Waals surface area (Å²) < 4.78 is 15.8. The van der Waals surface area contributed by atoms with Crippen molar-refractivity contribution < 1.29 is 28.3 Å². The first-order valence-electron chi connectivity index (χ1n) is 11.1. The van der Waals surface area contributed by atoms with E-state index < -0.39 is 11.6 Å². The van der Waals surface area contributed by atoms with Gasteiger partial charge in [-0.1, -0.05) is 12.1 Å². The fraction of sp³-hybridized carbons (Fsp3) is 0.308. The number of amides is 2. The van der Waals surface area contributed by atoms with Crippen LogP contribution >= 0.6 is 0 Å². The molecule has 0 spiro atoms. The summed E-state index contributed by atoms with van der Waals surface area (Å²) in [7, 11) is 1.54.